The first-order chi connectivity index (χ1) is 5.57. The molecular weight excluding hydrogens is 152 g/mol. The summed E-state index contributed by atoms with van der Waals surface area (Å²) in [5.41, 5.74) is 0. The van der Waals surface area contributed by atoms with Crippen molar-refractivity contribution < 1.29 is 9.90 Å². The number of hydrogen-bond donors (Lipinski definition) is 1. The van der Waals surface area contributed by atoms with Crippen molar-refractivity contribution >= 4 is 5.97 Å². The molecule has 74 valence electrons. The fourth-order valence-electron chi connectivity index (χ4n) is 1.01. The van der Waals surface area contributed by atoms with E-state index in [9.17, 15) is 4.79 Å². The Morgan fingerprint density at radius 1 is 1.33 bits per heavy atom. The van der Waals surface area contributed by atoms with E-state index in [1.54, 1.807) is 0 Å². The van der Waals surface area contributed by atoms with Crippen molar-refractivity contribution in [3.05, 3.63) is 0 Å². The molecule has 12 heavy (non-hydrogen) atoms. The highest BCUT2D eigenvalue weighted by Gasteiger charge is 2.15. The molecular formula is C10H22O2. The van der Waals surface area contributed by atoms with Crippen molar-refractivity contribution in [1.29, 1.82) is 0 Å². The van der Waals surface area contributed by atoms with Gasteiger partial charge in [0.25, 0.3) is 0 Å². The van der Waals surface area contributed by atoms with Gasteiger partial charge in [0, 0.05) is 0 Å². The van der Waals surface area contributed by atoms with Crippen LogP contribution in [0, 0.1) is 11.8 Å². The monoisotopic (exact) mass is 174 g/mol. The summed E-state index contributed by atoms with van der Waals surface area (Å²) < 4.78 is 0. The van der Waals surface area contributed by atoms with E-state index in [1.807, 2.05) is 34.6 Å². The molecule has 0 radical (unpaired) electrons. The zero-order chi connectivity index (χ0) is 10.1. The summed E-state index contributed by atoms with van der Waals surface area (Å²) in [6, 6.07) is 0. The first-order valence-corrected chi connectivity index (χ1v) is 4.80. The molecule has 0 aromatic heterocycles. The van der Waals surface area contributed by atoms with Gasteiger partial charge in [-0.2, -0.15) is 0 Å². The van der Waals surface area contributed by atoms with Crippen LogP contribution in [-0.4, -0.2) is 11.1 Å². The molecule has 0 spiro atoms. The second kappa shape index (κ2) is 8.57. The van der Waals surface area contributed by atoms with Gasteiger partial charge in [-0.15, -0.1) is 0 Å². The molecule has 0 saturated carbocycles. The van der Waals surface area contributed by atoms with Gasteiger partial charge in [0.15, 0.2) is 0 Å². The molecule has 0 aromatic rings. The van der Waals surface area contributed by atoms with Crippen molar-refractivity contribution in [2.24, 2.45) is 11.8 Å². The topological polar surface area (TPSA) is 37.3 Å². The van der Waals surface area contributed by atoms with Gasteiger partial charge in [-0.1, -0.05) is 34.6 Å². The highest BCUT2D eigenvalue weighted by atomic mass is 16.4. The molecule has 2 nitrogen and oxygen atoms in total. The Kier molecular flexibility index (Phi) is 10.0. The molecule has 0 amide bonds. The molecule has 1 N–H and O–H groups in total. The zero-order valence-electron chi connectivity index (χ0n) is 8.92. The average Bonchev–Trinajstić information content (AvgIpc) is 2.03. The Hall–Kier alpha value is -0.530. The minimum absolute atomic E-state index is 0.139. The van der Waals surface area contributed by atoms with Crippen LogP contribution < -0.4 is 0 Å². The second-order valence-corrected chi connectivity index (χ2v) is 3.07. The molecule has 0 heterocycles. The van der Waals surface area contributed by atoms with Crippen molar-refractivity contribution in [2.75, 3.05) is 0 Å². The number of carboxylic acids is 1. The number of carbonyl (C=O) groups is 1. The van der Waals surface area contributed by atoms with Gasteiger partial charge < -0.3 is 5.11 Å². The SMILES string of the molecule is CC.CCC(CC(C)C)C(=O)O. The fourth-order valence-corrected chi connectivity index (χ4v) is 1.01. The van der Waals surface area contributed by atoms with Crippen LogP contribution in [0.1, 0.15) is 47.5 Å². The maximum Gasteiger partial charge on any atom is 0.306 e. The van der Waals surface area contributed by atoms with Gasteiger partial charge in [-0.05, 0) is 18.8 Å². The van der Waals surface area contributed by atoms with Gasteiger partial charge in [0.1, 0.15) is 0 Å². The van der Waals surface area contributed by atoms with Gasteiger partial charge in [0.2, 0.25) is 0 Å². The third-order valence-electron chi connectivity index (χ3n) is 1.60. The summed E-state index contributed by atoms with van der Waals surface area (Å²) in [5, 5.41) is 8.62. The van der Waals surface area contributed by atoms with Gasteiger partial charge >= 0.3 is 5.97 Å². The Morgan fingerprint density at radius 3 is 1.83 bits per heavy atom. The van der Waals surface area contributed by atoms with Crippen LogP contribution in [-0.2, 0) is 4.79 Å². The molecule has 0 aliphatic rings. The first-order valence-electron chi connectivity index (χ1n) is 4.80. The lowest BCUT2D eigenvalue weighted by Gasteiger charge is -2.11. The molecule has 2 heteroatoms. The molecule has 0 saturated heterocycles. The van der Waals surface area contributed by atoms with Crippen LogP contribution >= 0.6 is 0 Å². The Morgan fingerprint density at radius 2 is 1.75 bits per heavy atom. The summed E-state index contributed by atoms with van der Waals surface area (Å²) >= 11 is 0. The third-order valence-corrected chi connectivity index (χ3v) is 1.60. The normalized spacial score (nSPS) is 11.8. The summed E-state index contributed by atoms with van der Waals surface area (Å²) in [6.07, 6.45) is 1.54. The third kappa shape index (κ3) is 7.58. The average molecular weight is 174 g/mol. The van der Waals surface area contributed by atoms with E-state index in [-0.39, 0.29) is 5.92 Å². The molecule has 1 atom stereocenters. The highest BCUT2D eigenvalue weighted by molar-refractivity contribution is 5.69. The van der Waals surface area contributed by atoms with E-state index in [0.717, 1.165) is 12.8 Å². The predicted molar refractivity (Wildman–Crippen MR) is 52.2 cm³/mol. The maximum absolute atomic E-state index is 10.5. The molecule has 0 aliphatic heterocycles. The molecule has 0 fully saturated rings. The second-order valence-electron chi connectivity index (χ2n) is 3.07. The van der Waals surface area contributed by atoms with E-state index >= 15 is 0 Å². The van der Waals surface area contributed by atoms with Crippen LogP contribution in [0.15, 0.2) is 0 Å². The quantitative estimate of drug-likeness (QED) is 0.710. The molecule has 1 unspecified atom stereocenters. The number of hydrogen-bond acceptors (Lipinski definition) is 1. The van der Waals surface area contributed by atoms with Gasteiger partial charge in [-0.25, -0.2) is 0 Å². The molecule has 0 aliphatic carbocycles. The van der Waals surface area contributed by atoms with Crippen molar-refractivity contribution in [2.45, 2.75) is 47.5 Å². The van der Waals surface area contributed by atoms with Crippen LogP contribution in [0.2, 0.25) is 0 Å². The Balaban J connectivity index is 0. The summed E-state index contributed by atoms with van der Waals surface area (Å²) in [4.78, 5) is 10.5. The summed E-state index contributed by atoms with van der Waals surface area (Å²) in [6.45, 7) is 10.0. The minimum Gasteiger partial charge on any atom is -0.481 e. The van der Waals surface area contributed by atoms with Crippen molar-refractivity contribution in [3.8, 4) is 0 Å². The smallest absolute Gasteiger partial charge is 0.306 e. The number of aliphatic carboxylic acids is 1. The number of carboxylic acid groups (broad SMARTS) is 1. The van der Waals surface area contributed by atoms with E-state index < -0.39 is 5.97 Å². The van der Waals surface area contributed by atoms with Crippen molar-refractivity contribution in [3.63, 3.8) is 0 Å². The van der Waals surface area contributed by atoms with Gasteiger partial charge in [0.05, 0.1) is 5.92 Å². The van der Waals surface area contributed by atoms with Crippen LogP contribution in [0.25, 0.3) is 0 Å². The lowest BCUT2D eigenvalue weighted by Crippen LogP contribution is -2.14. The largest absolute Gasteiger partial charge is 0.481 e. The standard InChI is InChI=1S/C8H16O2.C2H6/c1-4-7(8(9)10)5-6(2)3;1-2/h6-7H,4-5H2,1-3H3,(H,9,10);1-2H3. The van der Waals surface area contributed by atoms with E-state index in [4.69, 9.17) is 5.11 Å². The Labute approximate surface area is 76.0 Å². The minimum atomic E-state index is -0.656. The van der Waals surface area contributed by atoms with E-state index in [2.05, 4.69) is 0 Å². The van der Waals surface area contributed by atoms with Crippen molar-refractivity contribution in [1.82, 2.24) is 0 Å². The first kappa shape index (κ1) is 14.0. The van der Waals surface area contributed by atoms with E-state index in [0.29, 0.717) is 5.92 Å². The van der Waals surface area contributed by atoms with Crippen LogP contribution in [0.3, 0.4) is 0 Å². The Bertz CT molecular complexity index is 108. The molecule has 0 bridgehead atoms. The fraction of sp³-hybridized carbons (Fsp3) is 0.900. The van der Waals surface area contributed by atoms with Crippen LogP contribution in [0.5, 0.6) is 0 Å². The zero-order valence-corrected chi connectivity index (χ0v) is 8.92. The van der Waals surface area contributed by atoms with E-state index in [1.165, 1.54) is 0 Å². The maximum atomic E-state index is 10.5. The van der Waals surface area contributed by atoms with Gasteiger partial charge in [-0.3, -0.25) is 4.79 Å². The molecule has 0 aromatic carbocycles. The lowest BCUT2D eigenvalue weighted by molar-refractivity contribution is -0.142. The summed E-state index contributed by atoms with van der Waals surface area (Å²) in [5.74, 6) is -0.308. The molecule has 0 rings (SSSR count). The number of rotatable bonds is 4. The summed E-state index contributed by atoms with van der Waals surface area (Å²) in [7, 11) is 0. The highest BCUT2D eigenvalue weighted by Crippen LogP contribution is 2.14. The predicted octanol–water partition coefficient (Wildman–Crippen LogP) is 3.17. The van der Waals surface area contributed by atoms with Crippen LogP contribution in [0.4, 0.5) is 0 Å². The lowest BCUT2D eigenvalue weighted by atomic mass is 9.95.